The summed E-state index contributed by atoms with van der Waals surface area (Å²) in [6.45, 7) is 4.19. The van der Waals surface area contributed by atoms with Crippen LogP contribution >= 0.6 is 23.8 Å². The van der Waals surface area contributed by atoms with Gasteiger partial charge in [0.15, 0.2) is 5.11 Å². The highest BCUT2D eigenvalue weighted by Crippen LogP contribution is 2.20. The molecular weight excluding hydrogens is 430 g/mol. The number of thiocarbonyl (C=S) groups is 1. The normalized spacial score (nSPS) is 10.5. The lowest BCUT2D eigenvalue weighted by Gasteiger charge is -2.12. The van der Waals surface area contributed by atoms with Crippen LogP contribution in [0, 0.1) is 0 Å². The van der Waals surface area contributed by atoms with Crippen molar-refractivity contribution in [2.24, 2.45) is 0 Å². The van der Waals surface area contributed by atoms with Crippen molar-refractivity contribution in [2.75, 3.05) is 10.6 Å². The molecule has 0 saturated heterocycles. The third kappa shape index (κ3) is 6.13. The van der Waals surface area contributed by atoms with Crippen molar-refractivity contribution in [1.29, 1.82) is 0 Å². The summed E-state index contributed by atoms with van der Waals surface area (Å²) < 4.78 is 0. The lowest BCUT2D eigenvalue weighted by molar-refractivity contribution is 0.0976. The first-order chi connectivity index (χ1) is 14.8. The van der Waals surface area contributed by atoms with Crippen LogP contribution in [0.4, 0.5) is 11.4 Å². The number of hydrogen-bond donors (Lipinski definition) is 3. The highest BCUT2D eigenvalue weighted by molar-refractivity contribution is 7.80. The maximum absolute atomic E-state index is 12.4. The Labute approximate surface area is 191 Å². The van der Waals surface area contributed by atoms with Crippen molar-refractivity contribution in [3.05, 3.63) is 94.5 Å². The van der Waals surface area contributed by atoms with E-state index in [2.05, 4.69) is 29.8 Å². The number of benzene rings is 3. The van der Waals surface area contributed by atoms with Crippen LogP contribution in [0.3, 0.4) is 0 Å². The minimum atomic E-state index is -0.316. The predicted octanol–water partition coefficient (Wildman–Crippen LogP) is 5.84. The first kappa shape index (κ1) is 22.5. The van der Waals surface area contributed by atoms with Crippen LogP contribution in [-0.2, 0) is 0 Å². The molecule has 0 atom stereocenters. The Hall–Kier alpha value is -3.22. The van der Waals surface area contributed by atoms with Gasteiger partial charge in [-0.1, -0.05) is 55.8 Å². The first-order valence-corrected chi connectivity index (χ1v) is 10.5. The van der Waals surface area contributed by atoms with Gasteiger partial charge in [-0.15, -0.1) is 0 Å². The molecule has 0 aliphatic rings. The highest BCUT2D eigenvalue weighted by atomic mass is 35.5. The summed E-state index contributed by atoms with van der Waals surface area (Å²) in [5.41, 5.74) is 3.25. The van der Waals surface area contributed by atoms with E-state index in [1.807, 2.05) is 12.1 Å². The molecule has 0 saturated carbocycles. The Morgan fingerprint density at radius 3 is 2.13 bits per heavy atom. The molecule has 0 bridgehead atoms. The molecule has 2 amide bonds. The average Bonchev–Trinajstić information content (AvgIpc) is 2.74. The Balaban J connectivity index is 1.61. The third-order valence-electron chi connectivity index (χ3n) is 4.56. The second-order valence-electron chi connectivity index (χ2n) is 7.20. The summed E-state index contributed by atoms with van der Waals surface area (Å²) in [4.78, 5) is 24.9. The topological polar surface area (TPSA) is 70.2 Å². The van der Waals surface area contributed by atoms with E-state index in [-0.39, 0.29) is 16.9 Å². The Kier molecular flexibility index (Phi) is 7.39. The van der Waals surface area contributed by atoms with E-state index in [0.29, 0.717) is 33.4 Å². The molecule has 31 heavy (non-hydrogen) atoms. The molecule has 0 aromatic heterocycles. The molecule has 3 rings (SSSR count). The van der Waals surface area contributed by atoms with Crippen LogP contribution in [0.2, 0.25) is 5.02 Å². The van der Waals surface area contributed by atoms with Gasteiger partial charge < -0.3 is 10.6 Å². The predicted molar refractivity (Wildman–Crippen MR) is 130 cm³/mol. The molecule has 0 aliphatic heterocycles. The van der Waals surface area contributed by atoms with Gasteiger partial charge in [-0.05, 0) is 66.2 Å². The van der Waals surface area contributed by atoms with Crippen molar-refractivity contribution in [3.8, 4) is 0 Å². The average molecular weight is 452 g/mol. The monoisotopic (exact) mass is 451 g/mol. The van der Waals surface area contributed by atoms with Gasteiger partial charge in [-0.3, -0.25) is 14.9 Å². The van der Waals surface area contributed by atoms with Crippen LogP contribution in [0.25, 0.3) is 0 Å². The zero-order valence-electron chi connectivity index (χ0n) is 17.1. The molecule has 0 unspecified atom stereocenters. The standard InChI is InChI=1S/C24H22ClN3O2S/c1-15(2)16-10-12-17(13-11-16)22(29)28-24(31)27-19-7-5-6-18(14-19)26-23(30)20-8-3-4-9-21(20)25/h3-15H,1-2H3,(H,26,30)(H2,27,28,29,31). The largest absolute Gasteiger partial charge is 0.332 e. The smallest absolute Gasteiger partial charge is 0.257 e. The number of carbonyl (C=O) groups is 2. The van der Waals surface area contributed by atoms with E-state index < -0.39 is 0 Å². The zero-order valence-corrected chi connectivity index (χ0v) is 18.7. The fourth-order valence-corrected chi connectivity index (χ4v) is 3.31. The van der Waals surface area contributed by atoms with Crippen LogP contribution in [0.5, 0.6) is 0 Å². The Morgan fingerprint density at radius 2 is 1.48 bits per heavy atom. The quantitative estimate of drug-likeness (QED) is 0.426. The Morgan fingerprint density at radius 1 is 0.839 bits per heavy atom. The number of rotatable bonds is 5. The van der Waals surface area contributed by atoms with Gasteiger partial charge in [0, 0.05) is 16.9 Å². The highest BCUT2D eigenvalue weighted by Gasteiger charge is 2.11. The fourth-order valence-electron chi connectivity index (χ4n) is 2.88. The van der Waals surface area contributed by atoms with Crippen molar-refractivity contribution in [2.45, 2.75) is 19.8 Å². The molecule has 0 spiro atoms. The summed E-state index contributed by atoms with van der Waals surface area (Å²) in [6, 6.07) is 21.2. The number of anilines is 2. The summed E-state index contributed by atoms with van der Waals surface area (Å²) in [5, 5.41) is 8.96. The maximum atomic E-state index is 12.4. The fraction of sp³-hybridized carbons (Fsp3) is 0.125. The molecular formula is C24H22ClN3O2S. The van der Waals surface area contributed by atoms with Gasteiger partial charge >= 0.3 is 0 Å². The lowest BCUT2D eigenvalue weighted by Crippen LogP contribution is -2.34. The SMILES string of the molecule is CC(C)c1ccc(C(=O)NC(=S)Nc2cccc(NC(=O)c3ccccc3Cl)c2)cc1. The van der Waals surface area contributed by atoms with E-state index in [0.717, 1.165) is 5.56 Å². The van der Waals surface area contributed by atoms with Gasteiger partial charge in [0.1, 0.15) is 0 Å². The van der Waals surface area contributed by atoms with Crippen molar-refractivity contribution in [1.82, 2.24) is 5.32 Å². The number of amides is 2. The summed E-state index contributed by atoms with van der Waals surface area (Å²) in [7, 11) is 0. The van der Waals surface area contributed by atoms with E-state index in [4.69, 9.17) is 23.8 Å². The van der Waals surface area contributed by atoms with E-state index >= 15 is 0 Å². The number of carbonyl (C=O) groups excluding carboxylic acids is 2. The number of hydrogen-bond acceptors (Lipinski definition) is 3. The van der Waals surface area contributed by atoms with Gasteiger partial charge in [-0.25, -0.2) is 0 Å². The lowest BCUT2D eigenvalue weighted by atomic mass is 10.0. The maximum Gasteiger partial charge on any atom is 0.257 e. The van der Waals surface area contributed by atoms with Gasteiger partial charge in [0.2, 0.25) is 0 Å². The Bertz CT molecular complexity index is 1110. The molecule has 0 aliphatic carbocycles. The molecule has 158 valence electrons. The van der Waals surface area contributed by atoms with E-state index in [1.54, 1.807) is 60.7 Å². The summed E-state index contributed by atoms with van der Waals surface area (Å²) in [5.74, 6) is -0.218. The molecule has 5 nitrogen and oxygen atoms in total. The van der Waals surface area contributed by atoms with E-state index in [1.165, 1.54) is 0 Å². The van der Waals surface area contributed by atoms with Crippen LogP contribution < -0.4 is 16.0 Å². The molecule has 3 aromatic rings. The zero-order chi connectivity index (χ0) is 22.4. The van der Waals surface area contributed by atoms with Gasteiger partial charge in [0.25, 0.3) is 11.8 Å². The van der Waals surface area contributed by atoms with Crippen LogP contribution in [-0.4, -0.2) is 16.9 Å². The van der Waals surface area contributed by atoms with Gasteiger partial charge in [-0.2, -0.15) is 0 Å². The molecule has 7 heteroatoms. The molecule has 3 aromatic carbocycles. The van der Waals surface area contributed by atoms with Crippen molar-refractivity contribution >= 4 is 52.1 Å². The summed E-state index contributed by atoms with van der Waals surface area (Å²) in [6.07, 6.45) is 0. The molecule has 0 fully saturated rings. The minimum Gasteiger partial charge on any atom is -0.332 e. The van der Waals surface area contributed by atoms with Crippen LogP contribution in [0.15, 0.2) is 72.8 Å². The first-order valence-electron chi connectivity index (χ1n) is 9.71. The van der Waals surface area contributed by atoms with Crippen molar-refractivity contribution in [3.63, 3.8) is 0 Å². The van der Waals surface area contributed by atoms with Gasteiger partial charge in [0.05, 0.1) is 10.6 Å². The summed E-state index contributed by atoms with van der Waals surface area (Å²) >= 11 is 11.3. The second kappa shape index (κ2) is 10.2. The van der Waals surface area contributed by atoms with E-state index in [9.17, 15) is 9.59 Å². The molecule has 3 N–H and O–H groups in total. The third-order valence-corrected chi connectivity index (χ3v) is 5.10. The molecule has 0 radical (unpaired) electrons. The molecule has 0 heterocycles. The second-order valence-corrected chi connectivity index (χ2v) is 8.02. The minimum absolute atomic E-state index is 0.160. The van der Waals surface area contributed by atoms with Crippen LogP contribution in [0.1, 0.15) is 46.0 Å². The number of halogens is 1. The number of nitrogens with one attached hydrogen (secondary N) is 3. The van der Waals surface area contributed by atoms with Crippen molar-refractivity contribution < 1.29 is 9.59 Å².